The monoisotopic (exact) mass is 352 g/mol. The van der Waals surface area contributed by atoms with Gasteiger partial charge in [0.2, 0.25) is 5.91 Å². The number of hydrogen-bond acceptors (Lipinski definition) is 3. The average molecular weight is 353 g/mol. The Kier molecular flexibility index (Phi) is 7.53. The van der Waals surface area contributed by atoms with Gasteiger partial charge in [-0.2, -0.15) is 0 Å². The molecule has 24 heavy (non-hydrogen) atoms. The van der Waals surface area contributed by atoms with E-state index in [9.17, 15) is 4.79 Å². The largest absolute Gasteiger partial charge is 0.384 e. The molecule has 0 aliphatic heterocycles. The molecule has 134 valence electrons. The number of rotatable bonds is 6. The normalized spacial score (nSPS) is 24.6. The molecular weight excluding hydrogens is 324 g/mol. The van der Waals surface area contributed by atoms with Crippen molar-refractivity contribution in [3.8, 4) is 0 Å². The van der Waals surface area contributed by atoms with Crippen molar-refractivity contribution in [3.05, 3.63) is 30.3 Å². The van der Waals surface area contributed by atoms with Gasteiger partial charge < -0.3 is 14.5 Å². The second kappa shape index (κ2) is 9.40. The predicted octanol–water partition coefficient (Wildman–Crippen LogP) is 3.54. The number of hydrogen-bond donors (Lipinski definition) is 0. The lowest BCUT2D eigenvalue weighted by molar-refractivity contribution is -0.120. The van der Waals surface area contributed by atoms with Crippen molar-refractivity contribution in [3.63, 3.8) is 0 Å². The number of likely N-dealkylation sites (N-methyl/N-ethyl adjacent to an activating group) is 1. The average Bonchev–Trinajstić information content (AvgIpc) is 2.76. The van der Waals surface area contributed by atoms with E-state index < -0.39 is 0 Å². The van der Waals surface area contributed by atoms with Crippen molar-refractivity contribution >= 4 is 23.2 Å². The number of nitrogens with zero attached hydrogens (tertiary/aromatic N) is 2. The molecule has 1 saturated carbocycles. The van der Waals surface area contributed by atoms with E-state index in [0.29, 0.717) is 13.0 Å². The van der Waals surface area contributed by atoms with Crippen LogP contribution in [0.1, 0.15) is 32.1 Å². The number of para-hydroxylation sites is 1. The Morgan fingerprint density at radius 3 is 2.54 bits per heavy atom. The van der Waals surface area contributed by atoms with Gasteiger partial charge in [-0.1, -0.05) is 18.2 Å². The van der Waals surface area contributed by atoms with Gasteiger partial charge in [0, 0.05) is 24.2 Å². The first-order valence-corrected chi connectivity index (χ1v) is 9.14. The Morgan fingerprint density at radius 1 is 1.21 bits per heavy atom. The van der Waals surface area contributed by atoms with Crippen LogP contribution in [0.4, 0.5) is 5.69 Å². The standard InChI is InChI=1S/C19H29ClN2O2/c1-21(2)18-14-15(20)8-7-11-17(18)22(19(23)12-13-24-3)16-9-5-4-6-10-16/h4-6,9-10,15,17-18H,7-8,11-14H2,1-3H3. The van der Waals surface area contributed by atoms with Crippen LogP contribution in [0.5, 0.6) is 0 Å². The molecule has 0 aromatic heterocycles. The van der Waals surface area contributed by atoms with Crippen molar-refractivity contribution in [2.45, 2.75) is 49.6 Å². The molecule has 3 atom stereocenters. The van der Waals surface area contributed by atoms with Gasteiger partial charge in [-0.25, -0.2) is 0 Å². The zero-order valence-corrected chi connectivity index (χ0v) is 15.7. The zero-order chi connectivity index (χ0) is 17.5. The lowest BCUT2D eigenvalue weighted by Gasteiger charge is -2.39. The van der Waals surface area contributed by atoms with E-state index in [1.807, 2.05) is 35.2 Å². The van der Waals surface area contributed by atoms with Crippen LogP contribution in [-0.2, 0) is 9.53 Å². The maximum absolute atomic E-state index is 13.0. The van der Waals surface area contributed by atoms with Crippen molar-refractivity contribution in [1.82, 2.24) is 4.90 Å². The number of alkyl halides is 1. The molecule has 1 aromatic rings. The highest BCUT2D eigenvalue weighted by molar-refractivity contribution is 6.20. The summed E-state index contributed by atoms with van der Waals surface area (Å²) in [5.41, 5.74) is 0.962. The van der Waals surface area contributed by atoms with E-state index in [4.69, 9.17) is 16.3 Å². The first-order chi connectivity index (χ1) is 11.5. The number of halogens is 1. The molecule has 0 heterocycles. The van der Waals surface area contributed by atoms with Crippen molar-refractivity contribution in [2.24, 2.45) is 0 Å². The van der Waals surface area contributed by atoms with Gasteiger partial charge in [-0.15, -0.1) is 11.6 Å². The highest BCUT2D eigenvalue weighted by Gasteiger charge is 2.35. The molecule has 0 radical (unpaired) electrons. The summed E-state index contributed by atoms with van der Waals surface area (Å²) in [6.45, 7) is 0.444. The number of carbonyl (C=O) groups excluding carboxylic acids is 1. The highest BCUT2D eigenvalue weighted by atomic mass is 35.5. The molecule has 0 spiro atoms. The summed E-state index contributed by atoms with van der Waals surface area (Å²) in [6, 6.07) is 10.4. The van der Waals surface area contributed by atoms with Crippen molar-refractivity contribution in [2.75, 3.05) is 32.7 Å². The van der Waals surface area contributed by atoms with Gasteiger partial charge in [0.15, 0.2) is 0 Å². The summed E-state index contributed by atoms with van der Waals surface area (Å²) in [5, 5.41) is 0.175. The summed E-state index contributed by atoms with van der Waals surface area (Å²) in [6.07, 6.45) is 4.33. The Bertz CT molecular complexity index is 509. The summed E-state index contributed by atoms with van der Waals surface area (Å²) in [7, 11) is 5.79. The molecule has 0 bridgehead atoms. The SMILES string of the molecule is COCCC(=O)N(c1ccccc1)C1CCCC(Cl)CC1N(C)C. The first kappa shape index (κ1) is 19.2. The number of ether oxygens (including phenoxy) is 1. The predicted molar refractivity (Wildman–Crippen MR) is 99.8 cm³/mol. The van der Waals surface area contributed by atoms with E-state index >= 15 is 0 Å². The maximum Gasteiger partial charge on any atom is 0.229 e. The van der Waals surface area contributed by atoms with Gasteiger partial charge in [0.1, 0.15) is 0 Å². The molecule has 1 aliphatic rings. The van der Waals surface area contributed by atoms with Crippen LogP contribution in [0, 0.1) is 0 Å². The Hall–Kier alpha value is -1.10. The molecule has 4 nitrogen and oxygen atoms in total. The van der Waals surface area contributed by atoms with E-state index in [0.717, 1.165) is 31.4 Å². The minimum atomic E-state index is 0.118. The molecule has 1 aromatic carbocycles. The Labute approximate surface area is 150 Å². The fraction of sp³-hybridized carbons (Fsp3) is 0.632. The van der Waals surface area contributed by atoms with E-state index in [-0.39, 0.29) is 23.4 Å². The fourth-order valence-electron chi connectivity index (χ4n) is 3.55. The number of amides is 1. The third-order valence-electron chi connectivity index (χ3n) is 4.78. The maximum atomic E-state index is 13.0. The lowest BCUT2D eigenvalue weighted by Crippen LogP contribution is -2.52. The quantitative estimate of drug-likeness (QED) is 0.580. The van der Waals surface area contributed by atoms with Crippen LogP contribution in [0.3, 0.4) is 0 Å². The molecule has 5 heteroatoms. The van der Waals surface area contributed by atoms with Gasteiger partial charge >= 0.3 is 0 Å². The topological polar surface area (TPSA) is 32.8 Å². The number of methoxy groups -OCH3 is 1. The third-order valence-corrected chi connectivity index (χ3v) is 5.17. The van der Waals surface area contributed by atoms with E-state index in [2.05, 4.69) is 19.0 Å². The molecule has 0 saturated heterocycles. The fourth-order valence-corrected chi connectivity index (χ4v) is 3.89. The molecule has 2 rings (SSSR count). The summed E-state index contributed by atoms with van der Waals surface area (Å²) in [5.74, 6) is 0.118. The molecule has 0 N–H and O–H groups in total. The van der Waals surface area contributed by atoms with Crippen molar-refractivity contribution < 1.29 is 9.53 Å². The van der Waals surface area contributed by atoms with E-state index in [1.54, 1.807) is 7.11 Å². The number of anilines is 1. The number of carbonyl (C=O) groups is 1. The summed E-state index contributed by atoms with van der Waals surface area (Å²) < 4.78 is 5.12. The molecule has 1 aliphatic carbocycles. The van der Waals surface area contributed by atoms with Gasteiger partial charge in [0.25, 0.3) is 0 Å². The summed E-state index contributed by atoms with van der Waals surface area (Å²) >= 11 is 6.49. The lowest BCUT2D eigenvalue weighted by atomic mass is 9.98. The van der Waals surface area contributed by atoms with Gasteiger partial charge in [0.05, 0.1) is 19.1 Å². The van der Waals surface area contributed by atoms with Gasteiger partial charge in [-0.05, 0) is 51.9 Å². The molecular formula is C19H29ClN2O2. The summed E-state index contributed by atoms with van der Waals surface area (Å²) in [4.78, 5) is 17.2. The Balaban J connectivity index is 2.34. The van der Waals surface area contributed by atoms with Crippen LogP contribution < -0.4 is 4.90 Å². The van der Waals surface area contributed by atoms with Crippen molar-refractivity contribution in [1.29, 1.82) is 0 Å². The van der Waals surface area contributed by atoms with Crippen LogP contribution in [0.25, 0.3) is 0 Å². The second-order valence-corrected chi connectivity index (χ2v) is 7.32. The minimum absolute atomic E-state index is 0.118. The molecule has 1 amide bonds. The highest BCUT2D eigenvalue weighted by Crippen LogP contribution is 2.31. The van der Waals surface area contributed by atoms with Crippen LogP contribution in [-0.4, -0.2) is 56.1 Å². The van der Waals surface area contributed by atoms with Gasteiger partial charge in [-0.3, -0.25) is 4.79 Å². The molecule has 1 fully saturated rings. The number of benzene rings is 1. The van der Waals surface area contributed by atoms with Crippen LogP contribution in [0.15, 0.2) is 30.3 Å². The third kappa shape index (κ3) is 4.95. The second-order valence-electron chi connectivity index (χ2n) is 6.70. The van der Waals surface area contributed by atoms with Crippen LogP contribution in [0.2, 0.25) is 0 Å². The smallest absolute Gasteiger partial charge is 0.229 e. The minimum Gasteiger partial charge on any atom is -0.384 e. The zero-order valence-electron chi connectivity index (χ0n) is 15.0. The van der Waals surface area contributed by atoms with E-state index in [1.165, 1.54) is 0 Å². The first-order valence-electron chi connectivity index (χ1n) is 8.71. The van der Waals surface area contributed by atoms with Crippen LogP contribution >= 0.6 is 11.6 Å². The Morgan fingerprint density at radius 2 is 1.92 bits per heavy atom. The molecule has 3 unspecified atom stereocenters.